The minimum Gasteiger partial charge on any atom is -0.322 e. The number of rotatable bonds is 6. The molecule has 0 bridgehead atoms. The molecule has 2 amide bonds. The standard InChI is InChI=1S/C25H17Cl2N5O2/c26-8-2-5-24(33)31-22-7-6-17(11-18(22)14-28)25(34)30-19-4-1-3-16(12-19)20-13-23-29-9-10-32(23)15-21(20)27/h1-7,9-13,15H,8H2,(H,30,34)(H,31,33). The smallest absolute Gasteiger partial charge is 0.255 e. The summed E-state index contributed by atoms with van der Waals surface area (Å²) in [7, 11) is 0. The SMILES string of the molecule is N#Cc1cc(C(=O)Nc2cccc(-c3cc4nccn4cc3Cl)c2)ccc1NC(=O)C=CCCl. The van der Waals surface area contributed by atoms with Crippen molar-refractivity contribution in [2.45, 2.75) is 0 Å². The minimum atomic E-state index is -0.418. The van der Waals surface area contributed by atoms with Crippen LogP contribution in [0.15, 0.2) is 79.3 Å². The Morgan fingerprint density at radius 3 is 2.79 bits per heavy atom. The highest BCUT2D eigenvalue weighted by Crippen LogP contribution is 2.30. The van der Waals surface area contributed by atoms with Gasteiger partial charge in [-0.25, -0.2) is 4.98 Å². The van der Waals surface area contributed by atoms with E-state index in [-0.39, 0.29) is 17.0 Å². The lowest BCUT2D eigenvalue weighted by atomic mass is 10.1. The summed E-state index contributed by atoms with van der Waals surface area (Å²) in [6, 6.07) is 15.6. The summed E-state index contributed by atoms with van der Waals surface area (Å²) in [6.45, 7) is 0. The fourth-order valence-corrected chi connectivity index (χ4v) is 3.70. The molecular formula is C25H17Cl2N5O2. The van der Waals surface area contributed by atoms with Crippen molar-refractivity contribution in [3.05, 3.63) is 95.4 Å². The Kier molecular flexibility index (Phi) is 6.93. The number of hydrogen-bond acceptors (Lipinski definition) is 4. The van der Waals surface area contributed by atoms with Gasteiger partial charge in [0.15, 0.2) is 0 Å². The number of pyridine rings is 1. The number of allylic oxidation sites excluding steroid dienone is 1. The molecule has 0 fully saturated rings. The van der Waals surface area contributed by atoms with Gasteiger partial charge in [0.2, 0.25) is 5.91 Å². The van der Waals surface area contributed by atoms with E-state index in [1.54, 1.807) is 18.5 Å². The summed E-state index contributed by atoms with van der Waals surface area (Å²) in [5, 5.41) is 15.4. The molecule has 4 rings (SSSR count). The first-order valence-corrected chi connectivity index (χ1v) is 11.0. The molecule has 0 aliphatic rings. The third kappa shape index (κ3) is 5.09. The Morgan fingerprint density at radius 1 is 1.15 bits per heavy atom. The van der Waals surface area contributed by atoms with Crippen LogP contribution in [0.4, 0.5) is 11.4 Å². The predicted octanol–water partition coefficient (Wildman–Crippen LogP) is 5.51. The molecule has 0 spiro atoms. The van der Waals surface area contributed by atoms with Gasteiger partial charge in [-0.15, -0.1) is 11.6 Å². The molecule has 0 saturated heterocycles. The number of benzene rings is 2. The van der Waals surface area contributed by atoms with E-state index in [0.29, 0.717) is 16.4 Å². The van der Waals surface area contributed by atoms with Crippen LogP contribution >= 0.6 is 23.2 Å². The van der Waals surface area contributed by atoms with Gasteiger partial charge in [-0.3, -0.25) is 9.59 Å². The van der Waals surface area contributed by atoms with Crippen LogP contribution in [-0.4, -0.2) is 27.1 Å². The van der Waals surface area contributed by atoms with Crippen molar-refractivity contribution in [2.24, 2.45) is 0 Å². The maximum atomic E-state index is 12.8. The summed E-state index contributed by atoms with van der Waals surface area (Å²) in [5.74, 6) is -0.620. The zero-order chi connectivity index (χ0) is 24.1. The van der Waals surface area contributed by atoms with Gasteiger partial charge in [-0.05, 0) is 42.0 Å². The topological polar surface area (TPSA) is 99.3 Å². The normalized spacial score (nSPS) is 10.9. The van der Waals surface area contributed by atoms with Gasteiger partial charge in [0.25, 0.3) is 5.91 Å². The molecule has 9 heteroatoms. The third-order valence-electron chi connectivity index (χ3n) is 4.93. The van der Waals surface area contributed by atoms with Crippen LogP contribution in [0.25, 0.3) is 16.8 Å². The van der Waals surface area contributed by atoms with Crippen LogP contribution < -0.4 is 10.6 Å². The van der Waals surface area contributed by atoms with Gasteiger partial charge >= 0.3 is 0 Å². The Morgan fingerprint density at radius 2 is 2.00 bits per heavy atom. The summed E-state index contributed by atoms with van der Waals surface area (Å²) in [5.41, 5.74) is 3.64. The van der Waals surface area contributed by atoms with Crippen LogP contribution in [0, 0.1) is 11.3 Å². The largest absolute Gasteiger partial charge is 0.322 e. The van der Waals surface area contributed by atoms with E-state index >= 15 is 0 Å². The second-order valence-corrected chi connectivity index (χ2v) is 7.90. The fraction of sp³-hybridized carbons (Fsp3) is 0.0400. The second-order valence-electron chi connectivity index (χ2n) is 7.18. The fourth-order valence-electron chi connectivity index (χ4n) is 3.34. The first kappa shape index (κ1) is 23.1. The number of halogens is 2. The average Bonchev–Trinajstić information content (AvgIpc) is 3.29. The van der Waals surface area contributed by atoms with Gasteiger partial charge in [0.1, 0.15) is 11.7 Å². The molecule has 0 radical (unpaired) electrons. The molecular weight excluding hydrogens is 473 g/mol. The van der Waals surface area contributed by atoms with Crippen molar-refractivity contribution in [3.8, 4) is 17.2 Å². The Bertz CT molecular complexity index is 1470. The average molecular weight is 490 g/mol. The van der Waals surface area contributed by atoms with Gasteiger partial charge < -0.3 is 15.0 Å². The second kappa shape index (κ2) is 10.2. The number of nitrogens with one attached hydrogen (secondary N) is 2. The highest BCUT2D eigenvalue weighted by atomic mass is 35.5. The number of imidazole rings is 1. The lowest BCUT2D eigenvalue weighted by molar-refractivity contribution is -0.111. The molecule has 0 unspecified atom stereocenters. The zero-order valence-corrected chi connectivity index (χ0v) is 19.1. The van der Waals surface area contributed by atoms with Crippen molar-refractivity contribution >= 4 is 52.0 Å². The number of amides is 2. The van der Waals surface area contributed by atoms with Crippen LogP contribution in [0.2, 0.25) is 5.02 Å². The lowest BCUT2D eigenvalue weighted by Gasteiger charge is -2.11. The van der Waals surface area contributed by atoms with Crippen molar-refractivity contribution in [1.29, 1.82) is 5.26 Å². The number of carbonyl (C=O) groups excluding carboxylic acids is 2. The maximum Gasteiger partial charge on any atom is 0.255 e. The van der Waals surface area contributed by atoms with Crippen molar-refractivity contribution in [2.75, 3.05) is 16.5 Å². The van der Waals surface area contributed by atoms with Gasteiger partial charge in [0.05, 0.1) is 16.3 Å². The Hall–Kier alpha value is -4.12. The van der Waals surface area contributed by atoms with Gasteiger partial charge in [0, 0.05) is 47.4 Å². The monoisotopic (exact) mass is 489 g/mol. The molecule has 2 N–H and O–H groups in total. The van der Waals surface area contributed by atoms with Crippen molar-refractivity contribution in [1.82, 2.24) is 9.38 Å². The van der Waals surface area contributed by atoms with Crippen LogP contribution in [0.1, 0.15) is 15.9 Å². The van der Waals surface area contributed by atoms with Crippen LogP contribution in [0.3, 0.4) is 0 Å². The molecule has 2 heterocycles. The quantitative estimate of drug-likeness (QED) is 0.275. The number of carbonyl (C=O) groups is 2. The molecule has 2 aromatic carbocycles. The number of nitriles is 1. The van der Waals surface area contributed by atoms with E-state index < -0.39 is 11.8 Å². The lowest BCUT2D eigenvalue weighted by Crippen LogP contribution is -2.14. The van der Waals surface area contributed by atoms with E-state index in [0.717, 1.165) is 16.8 Å². The molecule has 168 valence electrons. The molecule has 0 atom stereocenters. The molecule has 7 nitrogen and oxygen atoms in total. The third-order valence-corrected chi connectivity index (χ3v) is 5.41. The number of fused-ring (bicyclic) bond motifs is 1. The number of anilines is 2. The summed E-state index contributed by atoms with van der Waals surface area (Å²) in [6.07, 6.45) is 8.04. The molecule has 2 aromatic heterocycles. The van der Waals surface area contributed by atoms with Gasteiger partial charge in [-0.2, -0.15) is 5.26 Å². The highest BCUT2D eigenvalue weighted by Gasteiger charge is 2.13. The summed E-state index contributed by atoms with van der Waals surface area (Å²) >= 11 is 12.0. The molecule has 0 aliphatic carbocycles. The Labute approximate surface area is 205 Å². The van der Waals surface area contributed by atoms with Crippen molar-refractivity contribution in [3.63, 3.8) is 0 Å². The van der Waals surface area contributed by atoms with E-state index in [1.165, 1.54) is 30.4 Å². The zero-order valence-electron chi connectivity index (χ0n) is 17.6. The summed E-state index contributed by atoms with van der Waals surface area (Å²) < 4.78 is 1.82. The Balaban J connectivity index is 1.55. The van der Waals surface area contributed by atoms with E-state index in [4.69, 9.17) is 23.2 Å². The van der Waals surface area contributed by atoms with Crippen LogP contribution in [0.5, 0.6) is 0 Å². The number of nitrogens with zero attached hydrogens (tertiary/aromatic N) is 3. The van der Waals surface area contributed by atoms with Gasteiger partial charge in [-0.1, -0.05) is 29.8 Å². The summed E-state index contributed by atoms with van der Waals surface area (Å²) in [4.78, 5) is 29.0. The van der Waals surface area contributed by atoms with Crippen molar-refractivity contribution < 1.29 is 9.59 Å². The predicted molar refractivity (Wildman–Crippen MR) is 133 cm³/mol. The van der Waals surface area contributed by atoms with E-state index in [9.17, 15) is 14.9 Å². The van der Waals surface area contributed by atoms with E-state index in [2.05, 4.69) is 15.6 Å². The molecule has 4 aromatic rings. The molecule has 34 heavy (non-hydrogen) atoms. The van der Waals surface area contributed by atoms with E-state index in [1.807, 2.05) is 40.9 Å². The number of hydrogen-bond donors (Lipinski definition) is 2. The number of aromatic nitrogens is 2. The molecule has 0 aliphatic heterocycles. The molecule has 0 saturated carbocycles. The minimum absolute atomic E-state index is 0.161. The van der Waals surface area contributed by atoms with Crippen LogP contribution in [-0.2, 0) is 4.79 Å². The highest BCUT2D eigenvalue weighted by molar-refractivity contribution is 6.33. The first-order chi connectivity index (χ1) is 16.5. The number of alkyl halides is 1. The maximum absolute atomic E-state index is 12.8. The first-order valence-electron chi connectivity index (χ1n) is 10.1.